The predicted molar refractivity (Wildman–Crippen MR) is 101 cm³/mol. The quantitative estimate of drug-likeness (QED) is 0.652. The van der Waals surface area contributed by atoms with Gasteiger partial charge in [-0.15, -0.1) is 0 Å². The van der Waals surface area contributed by atoms with E-state index < -0.39 is 35.6 Å². The molecule has 2 saturated heterocycles. The van der Waals surface area contributed by atoms with Gasteiger partial charge in [0, 0.05) is 31.0 Å². The van der Waals surface area contributed by atoms with Crippen LogP contribution in [0.2, 0.25) is 0 Å². The number of amides is 1. The molecule has 2 fully saturated rings. The van der Waals surface area contributed by atoms with Crippen molar-refractivity contribution in [3.63, 3.8) is 0 Å². The topological polar surface area (TPSA) is 91.8 Å². The van der Waals surface area contributed by atoms with Crippen LogP contribution < -0.4 is 5.32 Å². The number of halogens is 6. The van der Waals surface area contributed by atoms with Crippen molar-refractivity contribution >= 4 is 12.1 Å². The van der Waals surface area contributed by atoms with Gasteiger partial charge in [-0.2, -0.15) is 13.2 Å². The highest BCUT2D eigenvalue weighted by Gasteiger charge is 2.49. The van der Waals surface area contributed by atoms with Crippen LogP contribution in [0.5, 0.6) is 0 Å². The Kier molecular flexibility index (Phi) is 6.81. The van der Waals surface area contributed by atoms with E-state index in [4.69, 9.17) is 14.6 Å². The van der Waals surface area contributed by atoms with Gasteiger partial charge in [0.05, 0.1) is 18.7 Å². The summed E-state index contributed by atoms with van der Waals surface area (Å²) in [5.41, 5.74) is 0.685. The third-order valence-corrected chi connectivity index (χ3v) is 4.91. The van der Waals surface area contributed by atoms with Gasteiger partial charge >= 0.3 is 18.2 Å². The molecule has 2 aliphatic heterocycles. The van der Waals surface area contributed by atoms with Crippen LogP contribution in [0.15, 0.2) is 36.7 Å². The molecule has 7 nitrogen and oxygen atoms in total. The van der Waals surface area contributed by atoms with Crippen molar-refractivity contribution in [3.05, 3.63) is 53.6 Å². The number of nitrogens with one attached hydrogen (secondary N) is 1. The average molecular weight is 477 g/mol. The summed E-state index contributed by atoms with van der Waals surface area (Å²) < 4.78 is 76.5. The van der Waals surface area contributed by atoms with Crippen LogP contribution >= 0.6 is 0 Å². The maximum atomic E-state index is 13.5. The Morgan fingerprint density at radius 3 is 2.39 bits per heavy atom. The summed E-state index contributed by atoms with van der Waals surface area (Å²) in [4.78, 5) is 26.6. The first-order valence-corrected chi connectivity index (χ1v) is 9.41. The van der Waals surface area contributed by atoms with Crippen LogP contribution in [0.3, 0.4) is 0 Å². The van der Waals surface area contributed by atoms with Gasteiger partial charge in [-0.25, -0.2) is 22.8 Å². The minimum Gasteiger partial charge on any atom is -0.475 e. The summed E-state index contributed by atoms with van der Waals surface area (Å²) in [5.74, 6) is -3.69. The molecule has 1 aromatic carbocycles. The van der Waals surface area contributed by atoms with Crippen molar-refractivity contribution in [1.29, 1.82) is 0 Å². The molecule has 0 unspecified atom stereocenters. The molecule has 13 heteroatoms. The minimum absolute atomic E-state index is 0.310. The Morgan fingerprint density at radius 1 is 1.21 bits per heavy atom. The van der Waals surface area contributed by atoms with Gasteiger partial charge in [-0.05, 0) is 29.3 Å². The average Bonchev–Trinajstić information content (AvgIpc) is 3.05. The second-order valence-electron chi connectivity index (χ2n) is 7.43. The van der Waals surface area contributed by atoms with Crippen LogP contribution in [0.25, 0.3) is 11.1 Å². The van der Waals surface area contributed by atoms with E-state index in [2.05, 4.69) is 10.3 Å². The van der Waals surface area contributed by atoms with E-state index in [1.165, 1.54) is 12.3 Å². The van der Waals surface area contributed by atoms with Crippen molar-refractivity contribution in [2.45, 2.75) is 24.7 Å². The molecule has 1 spiro atoms. The zero-order chi connectivity index (χ0) is 24.4. The van der Waals surface area contributed by atoms with Crippen LogP contribution in [0.4, 0.5) is 31.1 Å². The van der Waals surface area contributed by atoms with E-state index in [0.29, 0.717) is 37.3 Å². The molecule has 2 aliphatic rings. The Bertz CT molecular complexity index is 1040. The van der Waals surface area contributed by atoms with Gasteiger partial charge in [0.25, 0.3) is 6.43 Å². The van der Waals surface area contributed by atoms with Gasteiger partial charge in [-0.3, -0.25) is 9.88 Å². The fourth-order valence-electron chi connectivity index (χ4n) is 3.25. The zero-order valence-corrected chi connectivity index (χ0v) is 16.7. The third-order valence-electron chi connectivity index (χ3n) is 4.91. The largest absolute Gasteiger partial charge is 0.490 e. The lowest BCUT2D eigenvalue weighted by Crippen LogP contribution is -2.61. The number of carboxylic acids is 1. The SMILES string of the molecule is O=C(O)C(F)(F)F.O=C1OC2(CNC2)CN1Cc1cncc(-c2ccc(F)c(C(F)F)c2)c1. The number of aliphatic carboxylic acids is 1. The second kappa shape index (κ2) is 9.25. The van der Waals surface area contributed by atoms with E-state index in [0.717, 1.165) is 17.7 Å². The number of rotatable bonds is 4. The molecule has 2 aromatic rings. The van der Waals surface area contributed by atoms with E-state index in [9.17, 15) is 31.1 Å². The van der Waals surface area contributed by atoms with E-state index in [1.807, 2.05) is 0 Å². The number of ether oxygens (including phenoxy) is 1. The second-order valence-corrected chi connectivity index (χ2v) is 7.43. The Balaban J connectivity index is 0.000000383. The molecule has 3 heterocycles. The fraction of sp³-hybridized carbons (Fsp3) is 0.350. The monoisotopic (exact) mass is 477 g/mol. The molecule has 0 radical (unpaired) electrons. The normalized spacial score (nSPS) is 16.8. The standard InChI is InChI=1S/C18H16F3N3O2.C2HF3O2/c19-15-2-1-12(4-14(15)16(20)21)13-3-11(5-22-6-13)7-24-10-18(8-23-9-18)26-17(24)25;3-2(4,5)1(6)7/h1-6,16,23H,7-10H2;(H,6,7). The van der Waals surface area contributed by atoms with Gasteiger partial charge < -0.3 is 15.2 Å². The molecule has 33 heavy (non-hydrogen) atoms. The first-order valence-electron chi connectivity index (χ1n) is 9.41. The number of hydrogen-bond donors (Lipinski definition) is 2. The Labute approximate surface area is 183 Å². The van der Waals surface area contributed by atoms with Gasteiger partial charge in [0.15, 0.2) is 5.60 Å². The number of hydrogen-bond acceptors (Lipinski definition) is 5. The summed E-state index contributed by atoms with van der Waals surface area (Å²) in [6.45, 7) is 2.08. The van der Waals surface area contributed by atoms with Crippen LogP contribution in [-0.2, 0) is 16.1 Å². The molecule has 0 saturated carbocycles. The summed E-state index contributed by atoms with van der Waals surface area (Å²) in [6.07, 6.45) is -5.22. The molecule has 2 N–H and O–H groups in total. The highest BCUT2D eigenvalue weighted by Crippen LogP contribution is 2.30. The lowest BCUT2D eigenvalue weighted by Gasteiger charge is -2.36. The molecule has 1 aromatic heterocycles. The molecular formula is C20H17F6N3O4. The first-order chi connectivity index (χ1) is 15.4. The van der Waals surface area contributed by atoms with Gasteiger partial charge in [0.2, 0.25) is 0 Å². The summed E-state index contributed by atoms with van der Waals surface area (Å²) in [7, 11) is 0. The number of benzene rings is 1. The molecule has 0 bridgehead atoms. The zero-order valence-electron chi connectivity index (χ0n) is 16.7. The highest BCUT2D eigenvalue weighted by atomic mass is 19.4. The lowest BCUT2D eigenvalue weighted by atomic mass is 9.97. The van der Waals surface area contributed by atoms with Crippen molar-refractivity contribution < 1.29 is 45.8 Å². The van der Waals surface area contributed by atoms with Crippen molar-refractivity contribution in [1.82, 2.24) is 15.2 Å². The lowest BCUT2D eigenvalue weighted by molar-refractivity contribution is -0.192. The number of carboxylic acid groups (broad SMARTS) is 1. The van der Waals surface area contributed by atoms with E-state index >= 15 is 0 Å². The van der Waals surface area contributed by atoms with Crippen LogP contribution in [0, 0.1) is 5.82 Å². The van der Waals surface area contributed by atoms with E-state index in [-0.39, 0.29) is 6.09 Å². The number of aromatic nitrogens is 1. The van der Waals surface area contributed by atoms with Crippen LogP contribution in [0.1, 0.15) is 17.6 Å². The predicted octanol–water partition coefficient (Wildman–Crippen LogP) is 3.75. The number of alkyl halides is 5. The maximum absolute atomic E-state index is 13.5. The van der Waals surface area contributed by atoms with Gasteiger partial charge in [-0.1, -0.05) is 6.07 Å². The first kappa shape index (κ1) is 24.3. The Morgan fingerprint density at radius 2 is 1.88 bits per heavy atom. The minimum atomic E-state index is -5.08. The van der Waals surface area contributed by atoms with E-state index in [1.54, 1.807) is 17.2 Å². The number of pyridine rings is 1. The smallest absolute Gasteiger partial charge is 0.475 e. The van der Waals surface area contributed by atoms with Gasteiger partial charge in [0.1, 0.15) is 5.82 Å². The molecule has 0 aliphatic carbocycles. The number of carbonyl (C=O) groups is 2. The van der Waals surface area contributed by atoms with Crippen LogP contribution in [-0.4, -0.2) is 58.5 Å². The van der Waals surface area contributed by atoms with Crippen molar-refractivity contribution in [3.8, 4) is 11.1 Å². The summed E-state index contributed by atoms with van der Waals surface area (Å²) in [6, 6.07) is 5.34. The summed E-state index contributed by atoms with van der Waals surface area (Å²) >= 11 is 0. The molecular weight excluding hydrogens is 460 g/mol. The number of carbonyl (C=O) groups excluding carboxylic acids is 1. The molecule has 1 amide bonds. The third kappa shape index (κ3) is 5.72. The highest BCUT2D eigenvalue weighted by molar-refractivity contribution is 5.73. The molecule has 0 atom stereocenters. The fourth-order valence-corrected chi connectivity index (χ4v) is 3.25. The van der Waals surface area contributed by atoms with Crippen molar-refractivity contribution in [2.75, 3.05) is 19.6 Å². The van der Waals surface area contributed by atoms with Crippen molar-refractivity contribution in [2.24, 2.45) is 0 Å². The Hall–Kier alpha value is -3.35. The number of nitrogens with zero attached hydrogens (tertiary/aromatic N) is 2. The summed E-state index contributed by atoms with van der Waals surface area (Å²) in [5, 5.41) is 10.2. The molecule has 178 valence electrons. The maximum Gasteiger partial charge on any atom is 0.490 e. The molecule has 4 rings (SSSR count).